The summed E-state index contributed by atoms with van der Waals surface area (Å²) in [6, 6.07) is 0. The Morgan fingerprint density at radius 3 is 2.33 bits per heavy atom. The van der Waals surface area contributed by atoms with Gasteiger partial charge in [-0.05, 0) is 96.5 Å². The summed E-state index contributed by atoms with van der Waals surface area (Å²) in [4.78, 5) is 11.9. The third-order valence-electron chi connectivity index (χ3n) is 11.7. The first-order valence-corrected chi connectivity index (χ1v) is 15.5. The number of alkyl halides is 1. The summed E-state index contributed by atoms with van der Waals surface area (Å²) in [7, 11) is 1.82. The fourth-order valence-electron chi connectivity index (χ4n) is 9.24. The second kappa shape index (κ2) is 11.4. The van der Waals surface area contributed by atoms with Crippen molar-refractivity contribution in [2.75, 3.05) is 13.0 Å². The molecule has 0 aromatic heterocycles. The van der Waals surface area contributed by atoms with E-state index in [2.05, 4.69) is 32.9 Å². The van der Waals surface area contributed by atoms with E-state index in [0.717, 1.165) is 30.9 Å². The summed E-state index contributed by atoms with van der Waals surface area (Å²) in [6.45, 7) is 7.29. The molecule has 4 aliphatic rings. The number of hydrogen-bond acceptors (Lipinski definition) is 2. The van der Waals surface area contributed by atoms with Crippen molar-refractivity contribution in [3.05, 3.63) is 23.5 Å². The minimum Gasteiger partial charge on any atom is -0.501 e. The van der Waals surface area contributed by atoms with Crippen LogP contribution in [0.1, 0.15) is 117 Å². The molecule has 0 radical (unpaired) electrons. The molecule has 3 unspecified atom stereocenters. The summed E-state index contributed by atoms with van der Waals surface area (Å²) < 4.78 is 5.72. The minimum atomic E-state index is -0.619. The van der Waals surface area contributed by atoms with E-state index in [1.54, 1.807) is 0 Å². The maximum absolute atomic E-state index is 11.9. The Labute approximate surface area is 225 Å². The molecule has 0 aromatic carbocycles. The first-order valence-electron chi connectivity index (χ1n) is 14.9. The van der Waals surface area contributed by atoms with Crippen LogP contribution in [0.5, 0.6) is 0 Å². The van der Waals surface area contributed by atoms with Crippen molar-refractivity contribution < 1.29 is 14.6 Å². The second-order valence-electron chi connectivity index (χ2n) is 13.4. The quantitative estimate of drug-likeness (QED) is 0.207. The number of hydrogen-bond donors (Lipinski definition) is 1. The standard InChI is InChI=1S/C32H51ClO3/c1-30(22-28(34)35)16-14-27-29-23(12-10-8-6-5-7-9-11-19-33)20-24-21-25(36-4)13-17-31(24,2)26(29)15-18-32(27,30)3/h20-21,23,26-27,29H,5-19,22H2,1-4H3,(H,34,35)/t23-,26?,27?,29?,30-,31+,32+/m1/s1. The van der Waals surface area contributed by atoms with Gasteiger partial charge in [-0.2, -0.15) is 0 Å². The summed E-state index contributed by atoms with van der Waals surface area (Å²) in [5, 5.41) is 9.77. The van der Waals surface area contributed by atoms with Crippen LogP contribution in [-0.2, 0) is 9.53 Å². The number of carboxylic acids is 1. The second-order valence-corrected chi connectivity index (χ2v) is 13.8. The van der Waals surface area contributed by atoms with Gasteiger partial charge in [-0.3, -0.25) is 4.79 Å². The lowest BCUT2D eigenvalue weighted by molar-refractivity contribution is -0.144. The molecule has 0 aromatic rings. The lowest BCUT2D eigenvalue weighted by Gasteiger charge is -2.60. The predicted molar refractivity (Wildman–Crippen MR) is 149 cm³/mol. The van der Waals surface area contributed by atoms with Crippen LogP contribution < -0.4 is 0 Å². The number of fused-ring (bicyclic) bond motifs is 5. The monoisotopic (exact) mass is 518 g/mol. The van der Waals surface area contributed by atoms with Gasteiger partial charge in [-0.1, -0.05) is 65.4 Å². The van der Waals surface area contributed by atoms with E-state index >= 15 is 0 Å². The highest BCUT2D eigenvalue weighted by Gasteiger charge is 2.63. The first kappa shape index (κ1) is 28.1. The zero-order valence-electron chi connectivity index (χ0n) is 23.4. The highest BCUT2D eigenvalue weighted by atomic mass is 35.5. The van der Waals surface area contributed by atoms with Crippen LogP contribution in [-0.4, -0.2) is 24.1 Å². The molecular weight excluding hydrogens is 468 g/mol. The lowest BCUT2D eigenvalue weighted by Crippen LogP contribution is -2.53. The SMILES string of the molecule is COC1=CC2=C[C@@H](CCCCCCCCCCl)C3C(CC[C@@]4(C)C3CC[C@]4(C)CC(=O)O)[C@@]2(C)CC1. The average Bonchev–Trinajstić information content (AvgIpc) is 3.10. The molecule has 2 fully saturated rings. The van der Waals surface area contributed by atoms with Gasteiger partial charge in [0, 0.05) is 12.3 Å². The molecule has 0 amide bonds. The number of ether oxygens (including phenoxy) is 1. The number of unbranched alkanes of at least 4 members (excludes halogenated alkanes) is 6. The van der Waals surface area contributed by atoms with Crippen LogP contribution in [0.3, 0.4) is 0 Å². The number of halogens is 1. The molecule has 3 nitrogen and oxygen atoms in total. The van der Waals surface area contributed by atoms with Gasteiger partial charge in [-0.15, -0.1) is 11.6 Å². The van der Waals surface area contributed by atoms with Gasteiger partial charge in [0.25, 0.3) is 0 Å². The van der Waals surface area contributed by atoms with E-state index < -0.39 is 5.97 Å². The van der Waals surface area contributed by atoms with Crippen LogP contribution in [0.25, 0.3) is 0 Å². The van der Waals surface area contributed by atoms with Crippen LogP contribution in [0.15, 0.2) is 23.5 Å². The summed E-state index contributed by atoms with van der Waals surface area (Å²) in [5.41, 5.74) is 1.83. The van der Waals surface area contributed by atoms with Gasteiger partial charge in [0.15, 0.2) is 0 Å². The van der Waals surface area contributed by atoms with Gasteiger partial charge in [0.05, 0.1) is 19.3 Å². The van der Waals surface area contributed by atoms with E-state index in [9.17, 15) is 9.90 Å². The molecule has 1 N–H and O–H groups in total. The number of allylic oxidation sites excluding steroid dienone is 4. The Hall–Kier alpha value is -0.960. The zero-order chi connectivity index (χ0) is 26.0. The number of carboxylic acid groups (broad SMARTS) is 1. The smallest absolute Gasteiger partial charge is 0.303 e. The average molecular weight is 519 g/mol. The molecule has 0 heterocycles. The third kappa shape index (κ3) is 5.16. The van der Waals surface area contributed by atoms with Gasteiger partial charge >= 0.3 is 5.97 Å². The minimum absolute atomic E-state index is 0.0807. The molecule has 4 rings (SSSR count). The maximum atomic E-state index is 11.9. The Balaban J connectivity index is 1.55. The Bertz CT molecular complexity index is 848. The molecule has 0 bridgehead atoms. The van der Waals surface area contributed by atoms with E-state index in [-0.39, 0.29) is 16.2 Å². The number of aliphatic carboxylic acids is 1. The van der Waals surface area contributed by atoms with Crippen LogP contribution in [0.2, 0.25) is 0 Å². The van der Waals surface area contributed by atoms with Crippen molar-refractivity contribution in [2.45, 2.75) is 117 Å². The number of methoxy groups -OCH3 is 1. The summed E-state index contributed by atoms with van der Waals surface area (Å²) >= 11 is 5.83. The van der Waals surface area contributed by atoms with Crippen molar-refractivity contribution in [1.82, 2.24) is 0 Å². The van der Waals surface area contributed by atoms with Gasteiger partial charge < -0.3 is 9.84 Å². The highest BCUT2D eigenvalue weighted by Crippen LogP contribution is 2.71. The van der Waals surface area contributed by atoms with Gasteiger partial charge in [-0.25, -0.2) is 0 Å². The largest absolute Gasteiger partial charge is 0.501 e. The summed E-state index contributed by atoms with van der Waals surface area (Å²) in [6.07, 6.45) is 22.6. The van der Waals surface area contributed by atoms with Gasteiger partial charge in [0.2, 0.25) is 0 Å². The summed E-state index contributed by atoms with van der Waals surface area (Å²) in [5.74, 6) is 3.96. The molecular formula is C32H51ClO3. The van der Waals surface area contributed by atoms with Crippen molar-refractivity contribution >= 4 is 17.6 Å². The number of rotatable bonds is 12. The molecule has 0 aliphatic heterocycles. The van der Waals surface area contributed by atoms with E-state index in [1.807, 2.05) is 7.11 Å². The first-order chi connectivity index (χ1) is 17.2. The lowest BCUT2D eigenvalue weighted by atomic mass is 9.44. The topological polar surface area (TPSA) is 46.5 Å². The molecule has 0 spiro atoms. The molecule has 204 valence electrons. The van der Waals surface area contributed by atoms with E-state index in [4.69, 9.17) is 16.3 Å². The van der Waals surface area contributed by atoms with Crippen LogP contribution in [0, 0.1) is 39.9 Å². The van der Waals surface area contributed by atoms with Crippen molar-refractivity contribution in [1.29, 1.82) is 0 Å². The molecule has 2 saturated carbocycles. The molecule has 36 heavy (non-hydrogen) atoms. The number of carbonyl (C=O) groups is 1. The molecule has 4 heteroatoms. The normalized spacial score (nSPS) is 39.5. The van der Waals surface area contributed by atoms with Crippen LogP contribution in [0.4, 0.5) is 0 Å². The Morgan fingerprint density at radius 1 is 1.00 bits per heavy atom. The predicted octanol–water partition coefficient (Wildman–Crippen LogP) is 9.16. The molecule has 7 atom stereocenters. The Morgan fingerprint density at radius 2 is 1.67 bits per heavy atom. The third-order valence-corrected chi connectivity index (χ3v) is 11.9. The highest BCUT2D eigenvalue weighted by molar-refractivity contribution is 6.17. The molecule has 0 saturated heterocycles. The maximum Gasteiger partial charge on any atom is 0.303 e. The Kier molecular flexibility index (Phi) is 8.90. The zero-order valence-corrected chi connectivity index (χ0v) is 24.2. The fraction of sp³-hybridized carbons (Fsp3) is 0.844. The van der Waals surface area contributed by atoms with Crippen molar-refractivity contribution in [3.8, 4) is 0 Å². The van der Waals surface area contributed by atoms with Crippen LogP contribution >= 0.6 is 11.6 Å². The molecule has 4 aliphatic carbocycles. The van der Waals surface area contributed by atoms with Crippen molar-refractivity contribution in [2.24, 2.45) is 39.9 Å². The van der Waals surface area contributed by atoms with E-state index in [0.29, 0.717) is 30.1 Å². The van der Waals surface area contributed by atoms with Gasteiger partial charge in [0.1, 0.15) is 0 Å². The van der Waals surface area contributed by atoms with Crippen molar-refractivity contribution in [3.63, 3.8) is 0 Å². The van der Waals surface area contributed by atoms with E-state index in [1.165, 1.54) is 76.2 Å². The fourth-order valence-corrected chi connectivity index (χ4v) is 9.42.